The molecule has 0 unspecified atom stereocenters. The van der Waals surface area contributed by atoms with Crippen LogP contribution >= 0.6 is 0 Å². The highest BCUT2D eigenvalue weighted by molar-refractivity contribution is 5.96. The minimum atomic E-state index is -0.984. The summed E-state index contributed by atoms with van der Waals surface area (Å²) in [7, 11) is 0. The summed E-state index contributed by atoms with van der Waals surface area (Å²) >= 11 is 0. The number of aromatic nitrogens is 2. The summed E-state index contributed by atoms with van der Waals surface area (Å²) in [5, 5.41) is 11.9. The van der Waals surface area contributed by atoms with E-state index < -0.39 is 11.9 Å². The number of esters is 1. The molecule has 0 aliphatic heterocycles. The Kier molecular flexibility index (Phi) is 6.20. The largest absolute Gasteiger partial charge is 0.478 e. The van der Waals surface area contributed by atoms with E-state index >= 15 is 0 Å². The van der Waals surface area contributed by atoms with E-state index in [9.17, 15) is 19.5 Å². The molecule has 32 heavy (non-hydrogen) atoms. The van der Waals surface area contributed by atoms with Gasteiger partial charge in [-0.15, -0.1) is 0 Å². The maximum atomic E-state index is 12.3. The maximum Gasteiger partial charge on any atom is 0.335 e. The van der Waals surface area contributed by atoms with Gasteiger partial charge in [0.15, 0.2) is 0 Å². The normalized spacial score (nSPS) is 13.9. The summed E-state index contributed by atoms with van der Waals surface area (Å²) in [5.41, 5.74) is 3.02. The molecular formula is C24H25N3O5. The molecule has 0 saturated heterocycles. The molecule has 3 aromatic rings. The fraction of sp³-hybridized carbons (Fsp3) is 0.333. The van der Waals surface area contributed by atoms with Crippen molar-refractivity contribution in [1.82, 2.24) is 14.9 Å². The number of carbonyl (C=O) groups is 3. The lowest BCUT2D eigenvalue weighted by Gasteiger charge is -2.16. The van der Waals surface area contributed by atoms with Crippen LogP contribution in [0.4, 0.5) is 0 Å². The number of benzene rings is 2. The van der Waals surface area contributed by atoms with E-state index in [1.165, 1.54) is 0 Å². The van der Waals surface area contributed by atoms with Gasteiger partial charge in [-0.2, -0.15) is 0 Å². The Balaban J connectivity index is 1.65. The highest BCUT2D eigenvalue weighted by atomic mass is 16.5. The molecule has 0 bridgehead atoms. The van der Waals surface area contributed by atoms with Crippen LogP contribution < -0.4 is 5.32 Å². The number of hydrogen-bond donors (Lipinski definition) is 2. The zero-order chi connectivity index (χ0) is 22.7. The van der Waals surface area contributed by atoms with Crippen LogP contribution in [0.5, 0.6) is 0 Å². The highest BCUT2D eigenvalue weighted by Gasteiger charge is 2.24. The fourth-order valence-corrected chi connectivity index (χ4v) is 4.20. The van der Waals surface area contributed by atoms with Gasteiger partial charge < -0.3 is 19.7 Å². The number of hydrogen-bond acceptors (Lipinski definition) is 5. The van der Waals surface area contributed by atoms with Crippen LogP contribution in [0.25, 0.3) is 22.4 Å². The summed E-state index contributed by atoms with van der Waals surface area (Å²) < 4.78 is 7.02. The average Bonchev–Trinajstić information content (AvgIpc) is 3.44. The van der Waals surface area contributed by atoms with E-state index in [1.54, 1.807) is 31.2 Å². The van der Waals surface area contributed by atoms with Gasteiger partial charge in [-0.25, -0.2) is 9.78 Å². The van der Waals surface area contributed by atoms with Crippen molar-refractivity contribution in [2.75, 3.05) is 13.2 Å². The number of amides is 1. The molecule has 1 amide bonds. The van der Waals surface area contributed by atoms with Gasteiger partial charge in [0.1, 0.15) is 12.4 Å². The maximum absolute atomic E-state index is 12.3. The first-order valence-electron chi connectivity index (χ1n) is 10.8. The quantitative estimate of drug-likeness (QED) is 0.546. The molecule has 8 heteroatoms. The van der Waals surface area contributed by atoms with Gasteiger partial charge in [-0.3, -0.25) is 9.59 Å². The number of aromatic carboxylic acids is 1. The molecule has 8 nitrogen and oxygen atoms in total. The number of rotatable bonds is 7. The number of nitrogens with one attached hydrogen (secondary N) is 1. The van der Waals surface area contributed by atoms with Crippen molar-refractivity contribution in [2.45, 2.75) is 38.6 Å². The average molecular weight is 435 g/mol. The fourth-order valence-electron chi connectivity index (χ4n) is 4.20. The van der Waals surface area contributed by atoms with Gasteiger partial charge in [0.2, 0.25) is 0 Å². The second-order valence-corrected chi connectivity index (χ2v) is 7.82. The molecule has 0 spiro atoms. The van der Waals surface area contributed by atoms with Crippen LogP contribution in [-0.2, 0) is 9.53 Å². The zero-order valence-corrected chi connectivity index (χ0v) is 17.8. The molecule has 1 heterocycles. The van der Waals surface area contributed by atoms with Crippen molar-refractivity contribution < 1.29 is 24.2 Å². The van der Waals surface area contributed by atoms with E-state index in [1.807, 2.05) is 18.2 Å². The number of nitrogens with zero attached hydrogens (tertiary/aromatic N) is 2. The number of carboxylic acids is 1. The number of fused-ring (bicyclic) bond motifs is 1. The van der Waals surface area contributed by atoms with E-state index in [2.05, 4.69) is 9.88 Å². The lowest BCUT2D eigenvalue weighted by atomic mass is 10.1. The molecule has 2 N–H and O–H groups in total. The Morgan fingerprint density at radius 1 is 1.09 bits per heavy atom. The Hall–Kier alpha value is -3.68. The van der Waals surface area contributed by atoms with E-state index in [-0.39, 0.29) is 24.6 Å². The highest BCUT2D eigenvalue weighted by Crippen LogP contribution is 2.37. The molecule has 1 aliphatic rings. The van der Waals surface area contributed by atoms with Gasteiger partial charge in [-0.1, -0.05) is 25.0 Å². The third-order valence-electron chi connectivity index (χ3n) is 5.73. The van der Waals surface area contributed by atoms with Crippen LogP contribution in [0.1, 0.15) is 59.4 Å². The molecule has 1 aromatic heterocycles. The number of ether oxygens (including phenoxy) is 1. The smallest absolute Gasteiger partial charge is 0.335 e. The first-order valence-corrected chi connectivity index (χ1v) is 10.8. The van der Waals surface area contributed by atoms with Crippen molar-refractivity contribution >= 4 is 28.9 Å². The molecule has 0 atom stereocenters. The SMILES string of the molecule is CCOC(=O)CNC(=O)c1ccc(-c2nc3cc(C(=O)O)ccc3n2C2CCCC2)cc1. The molecule has 1 saturated carbocycles. The summed E-state index contributed by atoms with van der Waals surface area (Å²) in [6.45, 7) is 1.79. The zero-order valence-electron chi connectivity index (χ0n) is 17.8. The Morgan fingerprint density at radius 3 is 2.44 bits per heavy atom. The van der Waals surface area contributed by atoms with Gasteiger partial charge in [-0.05, 0) is 50.1 Å². The van der Waals surface area contributed by atoms with Crippen molar-refractivity contribution in [3.63, 3.8) is 0 Å². The molecule has 2 aromatic carbocycles. The minimum Gasteiger partial charge on any atom is -0.478 e. The Morgan fingerprint density at radius 2 is 1.78 bits per heavy atom. The lowest BCUT2D eigenvalue weighted by Crippen LogP contribution is -2.30. The summed E-state index contributed by atoms with van der Waals surface area (Å²) in [5.74, 6) is -1.07. The van der Waals surface area contributed by atoms with Crippen LogP contribution in [-0.4, -0.2) is 45.7 Å². The van der Waals surface area contributed by atoms with Crippen molar-refractivity contribution in [3.05, 3.63) is 53.6 Å². The third-order valence-corrected chi connectivity index (χ3v) is 5.73. The van der Waals surface area contributed by atoms with Gasteiger partial charge >= 0.3 is 11.9 Å². The standard InChI is InChI=1S/C24H25N3O5/c1-2-32-21(28)14-25-23(29)16-9-7-15(8-10-16)22-26-19-13-17(24(30)31)11-12-20(19)27(22)18-5-3-4-6-18/h7-13,18H,2-6,14H2,1H3,(H,25,29)(H,30,31). The van der Waals surface area contributed by atoms with Gasteiger partial charge in [0.05, 0.1) is 23.2 Å². The van der Waals surface area contributed by atoms with Crippen molar-refractivity contribution in [2.24, 2.45) is 0 Å². The van der Waals surface area contributed by atoms with E-state index in [4.69, 9.17) is 9.72 Å². The summed E-state index contributed by atoms with van der Waals surface area (Å²) in [6.07, 6.45) is 4.40. The van der Waals surface area contributed by atoms with E-state index in [0.717, 1.165) is 42.6 Å². The monoisotopic (exact) mass is 435 g/mol. The van der Waals surface area contributed by atoms with Crippen LogP contribution in [0.15, 0.2) is 42.5 Å². The van der Waals surface area contributed by atoms with Crippen LogP contribution in [0.2, 0.25) is 0 Å². The first kappa shape index (κ1) is 21.5. The number of carbonyl (C=O) groups excluding carboxylic acids is 2. The second-order valence-electron chi connectivity index (χ2n) is 7.82. The predicted molar refractivity (Wildman–Crippen MR) is 119 cm³/mol. The number of carboxylic acid groups (broad SMARTS) is 1. The van der Waals surface area contributed by atoms with Crippen LogP contribution in [0, 0.1) is 0 Å². The number of imidazole rings is 1. The molecule has 166 valence electrons. The minimum absolute atomic E-state index is 0.183. The topological polar surface area (TPSA) is 111 Å². The van der Waals surface area contributed by atoms with E-state index in [0.29, 0.717) is 17.1 Å². The summed E-state index contributed by atoms with van der Waals surface area (Å²) in [4.78, 5) is 39.9. The lowest BCUT2D eigenvalue weighted by molar-refractivity contribution is -0.141. The van der Waals surface area contributed by atoms with Gasteiger partial charge in [0.25, 0.3) is 5.91 Å². The molecule has 0 radical (unpaired) electrons. The van der Waals surface area contributed by atoms with Crippen LogP contribution in [0.3, 0.4) is 0 Å². The van der Waals surface area contributed by atoms with Gasteiger partial charge in [0, 0.05) is 17.2 Å². The predicted octanol–water partition coefficient (Wildman–Crippen LogP) is 3.81. The Labute approximate surface area is 185 Å². The molecular weight excluding hydrogens is 410 g/mol. The third kappa shape index (κ3) is 4.34. The Bertz CT molecular complexity index is 1160. The molecule has 1 fully saturated rings. The summed E-state index contributed by atoms with van der Waals surface area (Å²) in [6, 6.07) is 12.4. The van der Waals surface area contributed by atoms with Crippen molar-refractivity contribution in [1.29, 1.82) is 0 Å². The second kappa shape index (κ2) is 9.21. The van der Waals surface area contributed by atoms with Crippen molar-refractivity contribution in [3.8, 4) is 11.4 Å². The first-order chi connectivity index (χ1) is 15.5. The molecule has 4 rings (SSSR count). The molecule has 1 aliphatic carbocycles.